The Morgan fingerprint density at radius 2 is 1.90 bits per heavy atom. The van der Waals surface area contributed by atoms with Gasteiger partial charge in [0.1, 0.15) is 16.2 Å². The molecule has 1 amide bonds. The van der Waals surface area contributed by atoms with Crippen LogP contribution in [0.2, 0.25) is 0 Å². The number of nitrogens with zero attached hydrogens (tertiary/aromatic N) is 3. The van der Waals surface area contributed by atoms with Gasteiger partial charge in [0.15, 0.2) is 0 Å². The van der Waals surface area contributed by atoms with Crippen LogP contribution < -0.4 is 10.2 Å². The molecule has 3 aromatic rings. The van der Waals surface area contributed by atoms with Crippen molar-refractivity contribution in [2.75, 3.05) is 29.1 Å². The summed E-state index contributed by atoms with van der Waals surface area (Å²) in [6.45, 7) is 6.48. The van der Waals surface area contributed by atoms with E-state index in [0.717, 1.165) is 34.0 Å². The van der Waals surface area contributed by atoms with Crippen LogP contribution in [0.4, 0.5) is 11.4 Å². The van der Waals surface area contributed by atoms with Gasteiger partial charge in [-0.05, 0) is 62.9 Å². The standard InChI is InChI=1S/C22H26N4OS2/c1-15-16(2)29-22-20(15)21(23-14-24-22)28-13-10-19(27)25-17-6-8-18(9-7-17)26-11-4-3-5-12-26/h6-9,14H,3-5,10-13H2,1-2H3,(H,25,27). The fraction of sp³-hybridized carbons (Fsp3) is 0.409. The predicted molar refractivity (Wildman–Crippen MR) is 123 cm³/mol. The van der Waals surface area contributed by atoms with Crippen molar-refractivity contribution in [3.8, 4) is 0 Å². The van der Waals surface area contributed by atoms with E-state index in [9.17, 15) is 4.79 Å². The number of carbonyl (C=O) groups excluding carboxylic acids is 1. The van der Waals surface area contributed by atoms with Gasteiger partial charge in [0.05, 0.1) is 0 Å². The molecule has 1 aliphatic rings. The molecule has 1 N–H and O–H groups in total. The minimum Gasteiger partial charge on any atom is -0.372 e. The van der Waals surface area contributed by atoms with E-state index >= 15 is 0 Å². The third kappa shape index (κ3) is 4.73. The van der Waals surface area contributed by atoms with E-state index in [4.69, 9.17) is 0 Å². The van der Waals surface area contributed by atoms with E-state index in [-0.39, 0.29) is 5.91 Å². The van der Waals surface area contributed by atoms with Crippen molar-refractivity contribution in [3.05, 3.63) is 41.0 Å². The summed E-state index contributed by atoms with van der Waals surface area (Å²) in [6, 6.07) is 8.21. The Kier molecular flexibility index (Phi) is 6.35. The zero-order valence-electron chi connectivity index (χ0n) is 16.9. The van der Waals surface area contributed by atoms with E-state index in [1.165, 1.54) is 35.4 Å². The number of nitrogens with one attached hydrogen (secondary N) is 1. The molecule has 3 heterocycles. The van der Waals surface area contributed by atoms with Gasteiger partial charge in [-0.3, -0.25) is 4.79 Å². The minimum absolute atomic E-state index is 0.0340. The summed E-state index contributed by atoms with van der Waals surface area (Å²) in [5.41, 5.74) is 3.34. The monoisotopic (exact) mass is 426 g/mol. The highest BCUT2D eigenvalue weighted by Crippen LogP contribution is 2.34. The first-order chi connectivity index (χ1) is 14.1. The van der Waals surface area contributed by atoms with Gasteiger partial charge in [-0.1, -0.05) is 0 Å². The number of benzene rings is 1. The van der Waals surface area contributed by atoms with Crippen LogP contribution in [0.1, 0.15) is 36.1 Å². The Hall–Kier alpha value is -2.12. The first-order valence-electron chi connectivity index (χ1n) is 10.1. The number of carbonyl (C=O) groups is 1. The number of thiophene rings is 1. The summed E-state index contributed by atoms with van der Waals surface area (Å²) in [4.78, 5) is 25.9. The highest BCUT2D eigenvalue weighted by molar-refractivity contribution is 7.99. The van der Waals surface area contributed by atoms with E-state index < -0.39 is 0 Å². The molecule has 0 spiro atoms. The quantitative estimate of drug-likeness (QED) is 0.421. The highest BCUT2D eigenvalue weighted by atomic mass is 32.2. The van der Waals surface area contributed by atoms with Gasteiger partial charge in [-0.2, -0.15) is 0 Å². The van der Waals surface area contributed by atoms with Crippen molar-refractivity contribution in [1.29, 1.82) is 0 Å². The number of rotatable bonds is 6. The maximum Gasteiger partial charge on any atom is 0.225 e. The van der Waals surface area contributed by atoms with Crippen molar-refractivity contribution in [1.82, 2.24) is 9.97 Å². The van der Waals surface area contributed by atoms with E-state index in [1.807, 2.05) is 12.1 Å². The second-order valence-electron chi connectivity index (χ2n) is 7.38. The predicted octanol–water partition coefficient (Wildman–Crippen LogP) is 5.42. The van der Waals surface area contributed by atoms with Gasteiger partial charge >= 0.3 is 0 Å². The van der Waals surface area contributed by atoms with Crippen LogP contribution in [0.3, 0.4) is 0 Å². The third-order valence-electron chi connectivity index (χ3n) is 5.37. The maximum atomic E-state index is 12.4. The second-order valence-corrected chi connectivity index (χ2v) is 9.67. The average molecular weight is 427 g/mol. The highest BCUT2D eigenvalue weighted by Gasteiger charge is 2.13. The topological polar surface area (TPSA) is 58.1 Å². The van der Waals surface area contributed by atoms with Crippen molar-refractivity contribution >= 4 is 50.6 Å². The summed E-state index contributed by atoms with van der Waals surface area (Å²) in [6.07, 6.45) is 5.92. The molecule has 1 aromatic carbocycles. The van der Waals surface area contributed by atoms with E-state index in [0.29, 0.717) is 12.2 Å². The maximum absolute atomic E-state index is 12.4. The summed E-state index contributed by atoms with van der Waals surface area (Å²) in [7, 11) is 0. The van der Waals surface area contributed by atoms with Crippen LogP contribution in [0, 0.1) is 13.8 Å². The molecular weight excluding hydrogens is 400 g/mol. The second kappa shape index (κ2) is 9.13. The Labute approximate surface area is 179 Å². The average Bonchev–Trinajstić information content (AvgIpc) is 3.04. The zero-order chi connectivity index (χ0) is 20.2. The Morgan fingerprint density at radius 1 is 1.14 bits per heavy atom. The minimum atomic E-state index is 0.0340. The fourth-order valence-corrected chi connectivity index (χ4v) is 5.69. The summed E-state index contributed by atoms with van der Waals surface area (Å²) >= 11 is 3.32. The molecule has 1 aliphatic heterocycles. The Morgan fingerprint density at radius 3 is 2.66 bits per heavy atom. The van der Waals surface area contributed by atoms with Crippen LogP contribution in [-0.4, -0.2) is 34.7 Å². The number of aryl methyl sites for hydroxylation is 2. The van der Waals surface area contributed by atoms with Crippen LogP contribution >= 0.6 is 23.1 Å². The first kappa shape index (κ1) is 20.2. The molecule has 2 aromatic heterocycles. The molecule has 0 radical (unpaired) electrons. The number of hydrogen-bond donors (Lipinski definition) is 1. The molecule has 5 nitrogen and oxygen atoms in total. The SMILES string of the molecule is Cc1sc2ncnc(SCCC(=O)Nc3ccc(N4CCCCC4)cc3)c2c1C. The Bertz CT molecular complexity index is 994. The third-order valence-corrected chi connectivity index (χ3v) is 7.48. The normalized spacial score (nSPS) is 14.3. The van der Waals surface area contributed by atoms with Crippen LogP contribution in [0.25, 0.3) is 10.2 Å². The number of fused-ring (bicyclic) bond motifs is 1. The molecule has 1 saturated heterocycles. The van der Waals surface area contributed by atoms with Gasteiger partial charge in [0, 0.05) is 46.9 Å². The number of anilines is 2. The molecule has 0 atom stereocenters. The summed E-state index contributed by atoms with van der Waals surface area (Å²) < 4.78 is 0. The summed E-state index contributed by atoms with van der Waals surface area (Å²) in [5, 5.41) is 5.11. The van der Waals surface area contributed by atoms with Crippen LogP contribution in [-0.2, 0) is 4.79 Å². The molecule has 152 valence electrons. The van der Waals surface area contributed by atoms with Gasteiger partial charge in [-0.25, -0.2) is 9.97 Å². The van der Waals surface area contributed by atoms with Crippen molar-refractivity contribution in [3.63, 3.8) is 0 Å². The molecule has 1 fully saturated rings. The van der Waals surface area contributed by atoms with E-state index in [2.05, 4.69) is 46.2 Å². The molecule has 0 bridgehead atoms. The number of hydrogen-bond acceptors (Lipinski definition) is 6. The smallest absolute Gasteiger partial charge is 0.225 e. The lowest BCUT2D eigenvalue weighted by atomic mass is 10.1. The number of thioether (sulfide) groups is 1. The van der Waals surface area contributed by atoms with E-state index in [1.54, 1.807) is 29.4 Å². The summed E-state index contributed by atoms with van der Waals surface area (Å²) in [5.74, 6) is 0.727. The largest absolute Gasteiger partial charge is 0.372 e. The van der Waals surface area contributed by atoms with Crippen LogP contribution in [0.5, 0.6) is 0 Å². The lowest BCUT2D eigenvalue weighted by Crippen LogP contribution is -2.29. The van der Waals surface area contributed by atoms with Crippen molar-refractivity contribution in [2.45, 2.75) is 44.6 Å². The Balaban J connectivity index is 1.30. The van der Waals surface area contributed by atoms with Crippen molar-refractivity contribution < 1.29 is 4.79 Å². The molecule has 29 heavy (non-hydrogen) atoms. The van der Waals surface area contributed by atoms with Gasteiger partial charge in [0.2, 0.25) is 5.91 Å². The van der Waals surface area contributed by atoms with Gasteiger partial charge in [-0.15, -0.1) is 23.1 Å². The molecule has 0 unspecified atom stereocenters. The van der Waals surface area contributed by atoms with Gasteiger partial charge < -0.3 is 10.2 Å². The zero-order valence-corrected chi connectivity index (χ0v) is 18.5. The van der Waals surface area contributed by atoms with Crippen LogP contribution in [0.15, 0.2) is 35.6 Å². The molecule has 0 aliphatic carbocycles. The number of piperidine rings is 1. The first-order valence-corrected chi connectivity index (χ1v) is 11.9. The lowest BCUT2D eigenvalue weighted by Gasteiger charge is -2.28. The fourth-order valence-electron chi connectivity index (χ4n) is 3.63. The molecule has 4 rings (SSSR count). The molecule has 0 saturated carbocycles. The molecule has 7 heteroatoms. The number of amides is 1. The lowest BCUT2D eigenvalue weighted by molar-refractivity contribution is -0.115. The van der Waals surface area contributed by atoms with Crippen molar-refractivity contribution in [2.24, 2.45) is 0 Å². The number of aromatic nitrogens is 2. The van der Waals surface area contributed by atoms with Gasteiger partial charge in [0.25, 0.3) is 0 Å². The molecular formula is C22H26N4OS2.